The van der Waals surface area contributed by atoms with Gasteiger partial charge in [-0.05, 0) is 41.9 Å². The number of carbonyl (C=O) groups excluding carboxylic acids is 1. The van der Waals surface area contributed by atoms with Crippen LogP contribution in [-0.4, -0.2) is 24.4 Å². The number of likely N-dealkylation sites (N-methyl/N-ethyl adjacent to an activating group) is 1. The Labute approximate surface area is 124 Å². The summed E-state index contributed by atoms with van der Waals surface area (Å²) in [5.41, 5.74) is 2.38. The van der Waals surface area contributed by atoms with Crippen molar-refractivity contribution in [3.63, 3.8) is 0 Å². The topological polar surface area (TPSA) is 32.3 Å². The highest BCUT2D eigenvalue weighted by molar-refractivity contribution is 7.07. The van der Waals surface area contributed by atoms with Crippen LogP contribution in [0, 0.1) is 0 Å². The lowest BCUT2D eigenvalue weighted by atomic mass is 10.1. The molecule has 1 heterocycles. The maximum atomic E-state index is 12.0. The van der Waals surface area contributed by atoms with Gasteiger partial charge < -0.3 is 5.32 Å². The third kappa shape index (κ3) is 4.47. The van der Waals surface area contributed by atoms with E-state index in [1.165, 1.54) is 5.56 Å². The van der Waals surface area contributed by atoms with E-state index < -0.39 is 0 Å². The minimum absolute atomic E-state index is 0.0400. The molecule has 0 aliphatic carbocycles. The minimum Gasteiger partial charge on any atom is -0.348 e. The smallest absolute Gasteiger partial charge is 0.234 e. The van der Waals surface area contributed by atoms with Crippen LogP contribution in [0.5, 0.6) is 0 Å². The quantitative estimate of drug-likeness (QED) is 0.886. The largest absolute Gasteiger partial charge is 0.348 e. The molecule has 0 radical (unpaired) electrons. The van der Waals surface area contributed by atoms with Crippen LogP contribution in [0.1, 0.15) is 24.1 Å². The van der Waals surface area contributed by atoms with Crippen molar-refractivity contribution in [1.29, 1.82) is 0 Å². The van der Waals surface area contributed by atoms with Gasteiger partial charge in [0.05, 0.1) is 12.6 Å². The lowest BCUT2D eigenvalue weighted by Gasteiger charge is -2.18. The van der Waals surface area contributed by atoms with Crippen LogP contribution >= 0.6 is 11.3 Å². The number of rotatable bonds is 6. The number of hydrogen-bond acceptors (Lipinski definition) is 3. The first-order valence-corrected chi connectivity index (χ1v) is 7.63. The summed E-state index contributed by atoms with van der Waals surface area (Å²) in [5.74, 6) is 0.0547. The number of carbonyl (C=O) groups is 1. The van der Waals surface area contributed by atoms with Gasteiger partial charge in [-0.2, -0.15) is 11.3 Å². The molecule has 1 aromatic heterocycles. The summed E-state index contributed by atoms with van der Waals surface area (Å²) in [6.45, 7) is 3.22. The van der Waals surface area contributed by atoms with Crippen LogP contribution in [0.2, 0.25) is 0 Å². The molecule has 0 saturated carbocycles. The second-order valence-corrected chi connectivity index (χ2v) is 5.78. The molecule has 0 bridgehead atoms. The van der Waals surface area contributed by atoms with Crippen molar-refractivity contribution in [3.8, 4) is 0 Å². The minimum atomic E-state index is 0.0400. The SMILES string of the molecule is C[C@@H](NC(=O)CN(C)Cc1ccsc1)c1ccccc1. The van der Waals surface area contributed by atoms with Gasteiger partial charge in [0.1, 0.15) is 0 Å². The Hall–Kier alpha value is -1.65. The molecule has 0 fully saturated rings. The number of amides is 1. The van der Waals surface area contributed by atoms with Crippen LogP contribution < -0.4 is 5.32 Å². The Morgan fingerprint density at radius 2 is 2.05 bits per heavy atom. The third-order valence-corrected chi connectivity index (χ3v) is 3.86. The van der Waals surface area contributed by atoms with Gasteiger partial charge in [0.25, 0.3) is 0 Å². The van der Waals surface area contributed by atoms with Crippen molar-refractivity contribution in [2.45, 2.75) is 19.5 Å². The van der Waals surface area contributed by atoms with Crippen LogP contribution in [0.3, 0.4) is 0 Å². The fourth-order valence-corrected chi connectivity index (χ4v) is 2.77. The number of nitrogens with zero attached hydrogens (tertiary/aromatic N) is 1. The Kier molecular flexibility index (Phi) is 5.32. The molecule has 0 spiro atoms. The number of benzene rings is 1. The highest BCUT2D eigenvalue weighted by Gasteiger charge is 2.11. The summed E-state index contributed by atoms with van der Waals surface area (Å²) < 4.78 is 0. The van der Waals surface area contributed by atoms with Crippen molar-refractivity contribution >= 4 is 17.2 Å². The first-order chi connectivity index (χ1) is 9.65. The zero-order valence-electron chi connectivity index (χ0n) is 11.9. The lowest BCUT2D eigenvalue weighted by molar-refractivity contribution is -0.122. The molecule has 2 rings (SSSR count). The Balaban J connectivity index is 1.80. The van der Waals surface area contributed by atoms with E-state index in [-0.39, 0.29) is 11.9 Å². The second-order valence-electron chi connectivity index (χ2n) is 5.00. The predicted octanol–water partition coefficient (Wildman–Crippen LogP) is 3.06. The van der Waals surface area contributed by atoms with E-state index in [9.17, 15) is 4.79 Å². The Morgan fingerprint density at radius 1 is 1.30 bits per heavy atom. The molecule has 3 nitrogen and oxygen atoms in total. The van der Waals surface area contributed by atoms with Gasteiger partial charge in [0.15, 0.2) is 0 Å². The monoisotopic (exact) mass is 288 g/mol. The molecule has 1 N–H and O–H groups in total. The summed E-state index contributed by atoms with van der Waals surface area (Å²) in [7, 11) is 1.96. The van der Waals surface area contributed by atoms with E-state index in [0.717, 1.165) is 12.1 Å². The first kappa shape index (κ1) is 14.8. The van der Waals surface area contributed by atoms with Crippen LogP contribution in [0.25, 0.3) is 0 Å². The van der Waals surface area contributed by atoms with E-state index in [2.05, 4.69) is 22.1 Å². The molecule has 2 aromatic rings. The summed E-state index contributed by atoms with van der Waals surface area (Å²) >= 11 is 1.68. The number of nitrogens with one attached hydrogen (secondary N) is 1. The van der Waals surface area contributed by atoms with E-state index in [4.69, 9.17) is 0 Å². The van der Waals surface area contributed by atoms with Crippen molar-refractivity contribution in [2.24, 2.45) is 0 Å². The third-order valence-electron chi connectivity index (χ3n) is 3.12. The van der Waals surface area contributed by atoms with Gasteiger partial charge in [-0.15, -0.1) is 0 Å². The predicted molar refractivity (Wildman–Crippen MR) is 83.7 cm³/mol. The number of thiophene rings is 1. The molecule has 20 heavy (non-hydrogen) atoms. The Bertz CT molecular complexity index is 525. The molecule has 0 aliphatic heterocycles. The average Bonchev–Trinajstić information content (AvgIpc) is 2.92. The van der Waals surface area contributed by atoms with E-state index in [1.54, 1.807) is 11.3 Å². The summed E-state index contributed by atoms with van der Waals surface area (Å²) in [4.78, 5) is 14.0. The first-order valence-electron chi connectivity index (χ1n) is 6.69. The van der Waals surface area contributed by atoms with E-state index in [0.29, 0.717) is 6.54 Å². The molecular weight excluding hydrogens is 268 g/mol. The van der Waals surface area contributed by atoms with Gasteiger partial charge in [-0.1, -0.05) is 30.3 Å². The van der Waals surface area contributed by atoms with Gasteiger partial charge >= 0.3 is 0 Å². The molecular formula is C16H20N2OS. The summed E-state index contributed by atoms with van der Waals surface area (Å²) in [6.07, 6.45) is 0. The lowest BCUT2D eigenvalue weighted by Crippen LogP contribution is -2.36. The van der Waals surface area contributed by atoms with Crippen LogP contribution in [0.15, 0.2) is 47.2 Å². The van der Waals surface area contributed by atoms with Crippen molar-refractivity contribution in [3.05, 3.63) is 58.3 Å². The molecule has 0 unspecified atom stereocenters. The molecule has 1 aromatic carbocycles. The molecule has 0 saturated heterocycles. The highest BCUT2D eigenvalue weighted by Crippen LogP contribution is 2.11. The normalized spacial score (nSPS) is 12.3. The van der Waals surface area contributed by atoms with Crippen LogP contribution in [0.4, 0.5) is 0 Å². The van der Waals surface area contributed by atoms with Gasteiger partial charge in [0.2, 0.25) is 5.91 Å². The van der Waals surface area contributed by atoms with Crippen molar-refractivity contribution in [1.82, 2.24) is 10.2 Å². The Morgan fingerprint density at radius 3 is 2.70 bits per heavy atom. The molecule has 0 aliphatic rings. The highest BCUT2D eigenvalue weighted by atomic mass is 32.1. The standard InChI is InChI=1S/C16H20N2OS/c1-13(15-6-4-3-5-7-15)17-16(19)11-18(2)10-14-8-9-20-12-14/h3-9,12-13H,10-11H2,1-2H3,(H,17,19)/t13-/m1/s1. The number of hydrogen-bond donors (Lipinski definition) is 1. The van der Waals surface area contributed by atoms with Crippen molar-refractivity contribution in [2.75, 3.05) is 13.6 Å². The van der Waals surface area contributed by atoms with Crippen LogP contribution in [-0.2, 0) is 11.3 Å². The van der Waals surface area contributed by atoms with Gasteiger partial charge in [0, 0.05) is 6.54 Å². The molecule has 106 valence electrons. The molecule has 4 heteroatoms. The summed E-state index contributed by atoms with van der Waals surface area (Å²) in [5, 5.41) is 7.20. The molecule has 1 atom stereocenters. The fourth-order valence-electron chi connectivity index (χ4n) is 2.11. The van der Waals surface area contributed by atoms with E-state index >= 15 is 0 Å². The maximum Gasteiger partial charge on any atom is 0.234 e. The zero-order valence-corrected chi connectivity index (χ0v) is 12.7. The van der Waals surface area contributed by atoms with E-state index in [1.807, 2.05) is 49.2 Å². The van der Waals surface area contributed by atoms with Gasteiger partial charge in [-0.25, -0.2) is 0 Å². The second kappa shape index (κ2) is 7.22. The molecule has 1 amide bonds. The van der Waals surface area contributed by atoms with Crippen molar-refractivity contribution < 1.29 is 4.79 Å². The zero-order chi connectivity index (χ0) is 14.4. The van der Waals surface area contributed by atoms with Gasteiger partial charge in [-0.3, -0.25) is 9.69 Å². The fraction of sp³-hybridized carbons (Fsp3) is 0.312. The average molecular weight is 288 g/mol. The maximum absolute atomic E-state index is 12.0. The summed E-state index contributed by atoms with van der Waals surface area (Å²) in [6, 6.07) is 12.1.